The summed E-state index contributed by atoms with van der Waals surface area (Å²) in [6.45, 7) is 2.88. The van der Waals surface area contributed by atoms with E-state index in [0.717, 1.165) is 22.2 Å². The van der Waals surface area contributed by atoms with Crippen LogP contribution in [-0.2, 0) is 14.8 Å². The van der Waals surface area contributed by atoms with Gasteiger partial charge in [-0.1, -0.05) is 11.3 Å². The van der Waals surface area contributed by atoms with E-state index < -0.39 is 16.1 Å². The zero-order valence-corrected chi connectivity index (χ0v) is 15.1. The molecule has 1 amide bonds. The van der Waals surface area contributed by atoms with Crippen LogP contribution in [0.1, 0.15) is 19.8 Å². The van der Waals surface area contributed by atoms with Gasteiger partial charge in [-0.2, -0.15) is 4.31 Å². The fourth-order valence-corrected chi connectivity index (χ4v) is 4.82. The molecule has 2 heterocycles. The van der Waals surface area contributed by atoms with Crippen molar-refractivity contribution in [2.75, 3.05) is 24.7 Å². The van der Waals surface area contributed by atoms with Crippen LogP contribution in [0.25, 0.3) is 10.2 Å². The number of amides is 1. The molecule has 9 heteroatoms. The molecule has 24 heavy (non-hydrogen) atoms. The summed E-state index contributed by atoms with van der Waals surface area (Å²) in [6.07, 6.45) is 2.34. The highest BCUT2D eigenvalue weighted by atomic mass is 32.2. The first kappa shape index (κ1) is 17.1. The lowest BCUT2D eigenvalue weighted by Crippen LogP contribution is -2.42. The van der Waals surface area contributed by atoms with Gasteiger partial charge in [0.15, 0.2) is 5.13 Å². The summed E-state index contributed by atoms with van der Waals surface area (Å²) in [5.41, 5.74) is 0.769. The molecule has 1 atom stereocenters. The van der Waals surface area contributed by atoms with Crippen LogP contribution in [0.15, 0.2) is 18.2 Å². The predicted molar refractivity (Wildman–Crippen MR) is 94.0 cm³/mol. The number of sulfonamides is 1. The third-order valence-corrected chi connectivity index (χ3v) is 6.06. The topological polar surface area (TPSA) is 88.6 Å². The van der Waals surface area contributed by atoms with E-state index in [4.69, 9.17) is 4.74 Å². The highest BCUT2D eigenvalue weighted by Gasteiger charge is 2.36. The van der Waals surface area contributed by atoms with E-state index in [1.165, 1.54) is 15.6 Å². The van der Waals surface area contributed by atoms with Crippen molar-refractivity contribution in [1.82, 2.24) is 9.29 Å². The molecule has 1 aliphatic rings. The van der Waals surface area contributed by atoms with Crippen LogP contribution in [0.3, 0.4) is 0 Å². The monoisotopic (exact) mass is 369 g/mol. The van der Waals surface area contributed by atoms with Crippen LogP contribution >= 0.6 is 11.3 Å². The van der Waals surface area contributed by atoms with Crippen molar-refractivity contribution in [2.45, 2.75) is 25.8 Å². The van der Waals surface area contributed by atoms with Crippen molar-refractivity contribution in [3.8, 4) is 5.75 Å². The molecule has 1 N–H and O–H groups in total. The lowest BCUT2D eigenvalue weighted by molar-refractivity contribution is -0.119. The number of ether oxygens (including phenoxy) is 1. The Balaban J connectivity index is 1.78. The minimum atomic E-state index is -3.39. The number of fused-ring (bicyclic) bond motifs is 1. The smallest absolute Gasteiger partial charge is 0.244 e. The van der Waals surface area contributed by atoms with E-state index in [-0.39, 0.29) is 5.91 Å². The number of rotatable bonds is 5. The second-order valence-corrected chi connectivity index (χ2v) is 8.57. The lowest BCUT2D eigenvalue weighted by atomic mass is 10.2. The zero-order valence-electron chi connectivity index (χ0n) is 13.5. The van der Waals surface area contributed by atoms with Crippen molar-refractivity contribution in [3.05, 3.63) is 18.2 Å². The second kappa shape index (κ2) is 6.66. The summed E-state index contributed by atoms with van der Waals surface area (Å²) in [7, 11) is -3.39. The summed E-state index contributed by atoms with van der Waals surface area (Å²) in [4.78, 5) is 16.8. The maximum Gasteiger partial charge on any atom is 0.244 e. The molecule has 1 fully saturated rings. The number of benzene rings is 1. The summed E-state index contributed by atoms with van der Waals surface area (Å²) >= 11 is 1.34. The largest absolute Gasteiger partial charge is 0.494 e. The molecule has 1 aliphatic heterocycles. The summed E-state index contributed by atoms with van der Waals surface area (Å²) in [5, 5.41) is 3.21. The normalized spacial score (nSPS) is 18.8. The molecule has 0 bridgehead atoms. The third-order valence-electron chi connectivity index (χ3n) is 3.83. The Bertz CT molecular complexity index is 863. The van der Waals surface area contributed by atoms with Gasteiger partial charge in [-0.25, -0.2) is 13.4 Å². The van der Waals surface area contributed by atoms with Crippen LogP contribution in [0.2, 0.25) is 0 Å². The van der Waals surface area contributed by atoms with Crippen LogP contribution in [0, 0.1) is 0 Å². The number of thiazole rings is 1. The number of carbonyl (C=O) groups excluding carboxylic acids is 1. The first-order valence-corrected chi connectivity index (χ1v) is 10.4. The van der Waals surface area contributed by atoms with Gasteiger partial charge in [0.25, 0.3) is 0 Å². The minimum absolute atomic E-state index is 0.331. The van der Waals surface area contributed by atoms with Crippen LogP contribution in [0.4, 0.5) is 5.13 Å². The number of carbonyl (C=O) groups is 1. The molecule has 0 radical (unpaired) electrons. The fraction of sp³-hybridized carbons (Fsp3) is 0.467. The molecule has 0 aliphatic carbocycles. The van der Waals surface area contributed by atoms with Crippen LogP contribution < -0.4 is 10.1 Å². The standard InChI is InChI=1S/C15H19N3O4S2/c1-3-22-10-6-7-11-13(9-10)23-15(16-11)17-14(19)12-5-4-8-18(12)24(2,20)21/h6-7,9,12H,3-5,8H2,1-2H3,(H,16,17,19)/t12-/m1/s1. The van der Waals surface area contributed by atoms with Gasteiger partial charge in [-0.05, 0) is 38.0 Å². The average Bonchev–Trinajstić information content (AvgIpc) is 3.12. The minimum Gasteiger partial charge on any atom is -0.494 e. The summed E-state index contributed by atoms with van der Waals surface area (Å²) < 4.78 is 31.1. The molecule has 0 spiro atoms. The van der Waals surface area contributed by atoms with Crippen LogP contribution in [0.5, 0.6) is 5.75 Å². The maximum atomic E-state index is 12.4. The first-order valence-electron chi connectivity index (χ1n) is 7.69. The number of nitrogens with one attached hydrogen (secondary N) is 1. The first-order chi connectivity index (χ1) is 11.4. The second-order valence-electron chi connectivity index (χ2n) is 5.60. The summed E-state index contributed by atoms with van der Waals surface area (Å²) in [6, 6.07) is 4.89. The van der Waals surface area contributed by atoms with Gasteiger partial charge >= 0.3 is 0 Å². The molecule has 1 aromatic carbocycles. The van der Waals surface area contributed by atoms with Crippen molar-refractivity contribution in [2.24, 2.45) is 0 Å². The zero-order chi connectivity index (χ0) is 17.3. The molecule has 0 unspecified atom stereocenters. The Labute approximate surface area is 144 Å². The molecule has 0 saturated carbocycles. The molecule has 1 saturated heterocycles. The van der Waals surface area contributed by atoms with Gasteiger partial charge < -0.3 is 10.1 Å². The van der Waals surface area contributed by atoms with E-state index in [9.17, 15) is 13.2 Å². The quantitative estimate of drug-likeness (QED) is 0.871. The van der Waals surface area contributed by atoms with Crippen molar-refractivity contribution in [1.29, 1.82) is 0 Å². The Kier molecular flexibility index (Phi) is 4.75. The van der Waals surface area contributed by atoms with Crippen LogP contribution in [-0.4, -0.2) is 49.1 Å². The SMILES string of the molecule is CCOc1ccc2nc(NC(=O)[C@H]3CCCN3S(C)(=O)=O)sc2c1. The predicted octanol–water partition coefficient (Wildman–Crippen LogP) is 2.06. The Morgan fingerprint density at radius 3 is 3.00 bits per heavy atom. The van der Waals surface area contributed by atoms with E-state index in [1.807, 2.05) is 25.1 Å². The molecular weight excluding hydrogens is 350 g/mol. The van der Waals surface area contributed by atoms with E-state index in [2.05, 4.69) is 10.3 Å². The summed E-state index contributed by atoms with van der Waals surface area (Å²) in [5.74, 6) is 0.424. The number of nitrogens with zero attached hydrogens (tertiary/aromatic N) is 2. The molecule has 2 aromatic rings. The number of aromatic nitrogens is 1. The molecular formula is C15H19N3O4S2. The van der Waals surface area contributed by atoms with Gasteiger partial charge in [0.1, 0.15) is 11.8 Å². The Morgan fingerprint density at radius 1 is 1.50 bits per heavy atom. The highest BCUT2D eigenvalue weighted by molar-refractivity contribution is 7.88. The molecule has 130 valence electrons. The van der Waals surface area contributed by atoms with Gasteiger partial charge in [0.05, 0.1) is 23.1 Å². The Hall–Kier alpha value is -1.71. The molecule has 7 nitrogen and oxygen atoms in total. The van der Waals surface area contributed by atoms with E-state index in [1.54, 1.807) is 0 Å². The highest BCUT2D eigenvalue weighted by Crippen LogP contribution is 2.30. The number of hydrogen-bond donors (Lipinski definition) is 1. The third kappa shape index (κ3) is 3.52. The maximum absolute atomic E-state index is 12.4. The Morgan fingerprint density at radius 2 is 2.29 bits per heavy atom. The van der Waals surface area contributed by atoms with Gasteiger partial charge in [-0.3, -0.25) is 4.79 Å². The molecule has 1 aromatic heterocycles. The average molecular weight is 369 g/mol. The van der Waals surface area contributed by atoms with Crippen molar-refractivity contribution in [3.63, 3.8) is 0 Å². The number of anilines is 1. The van der Waals surface area contributed by atoms with E-state index >= 15 is 0 Å². The fourth-order valence-electron chi connectivity index (χ4n) is 2.80. The van der Waals surface area contributed by atoms with Gasteiger partial charge in [0.2, 0.25) is 15.9 Å². The van der Waals surface area contributed by atoms with Crippen molar-refractivity contribution < 1.29 is 17.9 Å². The number of hydrogen-bond acceptors (Lipinski definition) is 6. The van der Waals surface area contributed by atoms with Crippen molar-refractivity contribution >= 4 is 42.6 Å². The lowest BCUT2D eigenvalue weighted by Gasteiger charge is -2.20. The van der Waals surface area contributed by atoms with Gasteiger partial charge in [0, 0.05) is 6.54 Å². The van der Waals surface area contributed by atoms with E-state index in [0.29, 0.717) is 31.1 Å². The van der Waals surface area contributed by atoms with Gasteiger partial charge in [-0.15, -0.1) is 0 Å². The molecule has 3 rings (SSSR count).